The van der Waals surface area contributed by atoms with Gasteiger partial charge in [0, 0.05) is 37.0 Å². The number of piperidine rings is 1. The van der Waals surface area contributed by atoms with Gasteiger partial charge in [-0.1, -0.05) is 18.2 Å². The Labute approximate surface area is 188 Å². The lowest BCUT2D eigenvalue weighted by molar-refractivity contribution is -0.139. The van der Waals surface area contributed by atoms with Gasteiger partial charge in [-0.2, -0.15) is 0 Å². The van der Waals surface area contributed by atoms with Crippen LogP contribution in [-0.4, -0.2) is 64.0 Å². The number of likely N-dealkylation sites (tertiary alicyclic amines) is 1. The number of carbonyl (C=O) groups is 2. The molecule has 2 aromatic rings. The topological polar surface area (TPSA) is 62.7 Å². The van der Waals surface area contributed by atoms with Crippen molar-refractivity contribution in [3.05, 3.63) is 59.4 Å². The molecule has 6 nitrogen and oxygen atoms in total. The predicted octanol–water partition coefficient (Wildman–Crippen LogP) is 3.71. The van der Waals surface area contributed by atoms with Crippen LogP contribution in [0.5, 0.6) is 5.75 Å². The maximum atomic E-state index is 13.0. The van der Waals surface area contributed by atoms with Gasteiger partial charge in [0.1, 0.15) is 5.75 Å². The lowest BCUT2D eigenvalue weighted by atomic mass is 9.89. The van der Waals surface area contributed by atoms with Crippen molar-refractivity contribution in [2.45, 2.75) is 38.7 Å². The first-order chi connectivity index (χ1) is 15.0. The molecule has 31 heavy (non-hydrogen) atoms. The number of nitrogens with zero attached hydrogens (tertiary/aromatic N) is 3. The van der Waals surface area contributed by atoms with Crippen LogP contribution in [-0.2, 0) is 4.79 Å². The van der Waals surface area contributed by atoms with Crippen LogP contribution in [0.15, 0.2) is 42.5 Å². The summed E-state index contributed by atoms with van der Waals surface area (Å²) in [4.78, 5) is 34.5. The molecule has 2 aliphatic rings. The van der Waals surface area contributed by atoms with Crippen molar-refractivity contribution in [2.75, 3.05) is 31.3 Å². The van der Waals surface area contributed by atoms with Gasteiger partial charge in [0.2, 0.25) is 0 Å². The summed E-state index contributed by atoms with van der Waals surface area (Å²) in [6, 6.07) is 13.3. The first kappa shape index (κ1) is 21.7. The smallest absolute Gasteiger partial charge is 0.263 e. The standard InChI is InChI=1S/C24H29N3O3S/c1-17-8-9-21(24(29)27-14-15-31-16-27)22(25-17)19-10-12-26(13-11-19)23(28)18(2)30-20-6-4-3-5-7-20/h3-9,18-19H,10-16H2,1-2H3. The Morgan fingerprint density at radius 1 is 1.06 bits per heavy atom. The monoisotopic (exact) mass is 439 g/mol. The number of para-hydroxylation sites is 1. The molecule has 1 aromatic heterocycles. The van der Waals surface area contributed by atoms with E-state index >= 15 is 0 Å². The van der Waals surface area contributed by atoms with Gasteiger partial charge in [-0.25, -0.2) is 0 Å². The molecule has 7 heteroatoms. The second kappa shape index (κ2) is 9.73. The number of pyridine rings is 1. The summed E-state index contributed by atoms with van der Waals surface area (Å²) in [6.07, 6.45) is 1.07. The number of carbonyl (C=O) groups excluding carboxylic acids is 2. The Hall–Kier alpha value is -2.54. The highest BCUT2D eigenvalue weighted by atomic mass is 32.2. The zero-order valence-corrected chi connectivity index (χ0v) is 18.9. The van der Waals surface area contributed by atoms with Crippen molar-refractivity contribution >= 4 is 23.6 Å². The van der Waals surface area contributed by atoms with Gasteiger partial charge in [-0.3, -0.25) is 14.6 Å². The van der Waals surface area contributed by atoms with Crippen LogP contribution < -0.4 is 4.74 Å². The Morgan fingerprint density at radius 2 is 1.81 bits per heavy atom. The SMILES string of the molecule is Cc1ccc(C(=O)N2CCSC2)c(C2CCN(C(=O)C(C)Oc3ccccc3)CC2)n1. The number of aryl methyl sites for hydroxylation is 1. The minimum atomic E-state index is -0.527. The first-order valence-corrected chi connectivity index (χ1v) is 12.0. The van der Waals surface area contributed by atoms with Gasteiger partial charge in [-0.05, 0) is 51.0 Å². The minimum absolute atomic E-state index is 0.00453. The average Bonchev–Trinajstić information content (AvgIpc) is 3.34. The van der Waals surface area contributed by atoms with Crippen molar-refractivity contribution < 1.29 is 14.3 Å². The highest BCUT2D eigenvalue weighted by Crippen LogP contribution is 2.31. The van der Waals surface area contributed by atoms with Crippen LogP contribution in [0.3, 0.4) is 0 Å². The second-order valence-electron chi connectivity index (χ2n) is 8.16. The lowest BCUT2D eigenvalue weighted by Crippen LogP contribution is -2.44. The molecule has 0 spiro atoms. The predicted molar refractivity (Wildman–Crippen MR) is 122 cm³/mol. The van der Waals surface area contributed by atoms with Crippen molar-refractivity contribution in [3.63, 3.8) is 0 Å². The molecule has 4 rings (SSSR count). The Morgan fingerprint density at radius 3 is 2.48 bits per heavy atom. The number of rotatable bonds is 5. The summed E-state index contributed by atoms with van der Waals surface area (Å²) in [5.41, 5.74) is 2.53. The van der Waals surface area contributed by atoms with E-state index < -0.39 is 6.10 Å². The van der Waals surface area contributed by atoms with E-state index in [0.717, 1.165) is 48.0 Å². The van der Waals surface area contributed by atoms with Crippen LogP contribution >= 0.6 is 11.8 Å². The summed E-state index contributed by atoms with van der Waals surface area (Å²) < 4.78 is 5.81. The van der Waals surface area contributed by atoms with E-state index in [2.05, 4.69) is 0 Å². The van der Waals surface area contributed by atoms with Crippen molar-refractivity contribution in [3.8, 4) is 5.75 Å². The molecule has 0 radical (unpaired) electrons. The Kier molecular flexibility index (Phi) is 6.80. The van der Waals surface area contributed by atoms with Crippen LogP contribution in [0.4, 0.5) is 0 Å². The number of ether oxygens (including phenoxy) is 1. The molecule has 1 atom stereocenters. The van der Waals surface area contributed by atoms with E-state index in [1.807, 2.05) is 59.2 Å². The molecule has 164 valence electrons. The highest BCUT2D eigenvalue weighted by Gasteiger charge is 2.31. The van der Waals surface area contributed by atoms with Crippen molar-refractivity contribution in [1.29, 1.82) is 0 Å². The Balaban J connectivity index is 1.41. The molecule has 0 N–H and O–H groups in total. The van der Waals surface area contributed by atoms with E-state index in [4.69, 9.17) is 9.72 Å². The maximum absolute atomic E-state index is 13.0. The molecule has 0 bridgehead atoms. The quantitative estimate of drug-likeness (QED) is 0.711. The van der Waals surface area contributed by atoms with Crippen molar-refractivity contribution in [1.82, 2.24) is 14.8 Å². The van der Waals surface area contributed by atoms with Crippen molar-refractivity contribution in [2.24, 2.45) is 0 Å². The van der Waals surface area contributed by atoms with Gasteiger partial charge in [0.25, 0.3) is 11.8 Å². The molecular formula is C24H29N3O3S. The number of aromatic nitrogens is 1. The van der Waals surface area contributed by atoms with E-state index in [9.17, 15) is 9.59 Å². The third-order valence-corrected chi connectivity index (χ3v) is 6.90. The summed E-state index contributed by atoms with van der Waals surface area (Å²) >= 11 is 1.79. The first-order valence-electron chi connectivity index (χ1n) is 10.9. The lowest BCUT2D eigenvalue weighted by Gasteiger charge is -2.34. The van der Waals surface area contributed by atoms with E-state index in [1.165, 1.54) is 0 Å². The largest absolute Gasteiger partial charge is 0.481 e. The van der Waals surface area contributed by atoms with E-state index in [-0.39, 0.29) is 17.7 Å². The minimum Gasteiger partial charge on any atom is -0.481 e. The molecule has 2 fully saturated rings. The van der Waals surface area contributed by atoms with Crippen LogP contribution in [0.25, 0.3) is 0 Å². The fourth-order valence-corrected chi connectivity index (χ4v) is 5.14. The summed E-state index contributed by atoms with van der Waals surface area (Å²) in [5.74, 6) is 2.71. The summed E-state index contributed by atoms with van der Waals surface area (Å²) in [5, 5.41) is 0. The number of benzene rings is 1. The average molecular weight is 440 g/mol. The highest BCUT2D eigenvalue weighted by molar-refractivity contribution is 7.99. The Bertz CT molecular complexity index is 923. The van der Waals surface area contributed by atoms with Crippen LogP contribution in [0.1, 0.15) is 47.4 Å². The van der Waals surface area contributed by atoms with E-state index in [0.29, 0.717) is 18.8 Å². The molecule has 1 aromatic carbocycles. The maximum Gasteiger partial charge on any atom is 0.263 e. The van der Waals surface area contributed by atoms with Crippen LogP contribution in [0.2, 0.25) is 0 Å². The van der Waals surface area contributed by atoms with Gasteiger partial charge >= 0.3 is 0 Å². The summed E-state index contributed by atoms with van der Waals surface area (Å²) in [7, 11) is 0. The van der Waals surface area contributed by atoms with E-state index in [1.54, 1.807) is 18.7 Å². The molecule has 2 amide bonds. The molecular weight excluding hydrogens is 410 g/mol. The normalized spacial score (nSPS) is 18.1. The zero-order chi connectivity index (χ0) is 21.8. The zero-order valence-electron chi connectivity index (χ0n) is 18.1. The molecule has 2 aliphatic heterocycles. The number of hydrogen-bond acceptors (Lipinski definition) is 5. The van der Waals surface area contributed by atoms with Gasteiger partial charge in [0.05, 0.1) is 17.1 Å². The van der Waals surface area contributed by atoms with Crippen LogP contribution in [0, 0.1) is 6.92 Å². The second-order valence-corrected chi connectivity index (χ2v) is 9.24. The third kappa shape index (κ3) is 5.03. The number of amides is 2. The molecule has 2 saturated heterocycles. The van der Waals surface area contributed by atoms with Gasteiger partial charge in [0.15, 0.2) is 6.10 Å². The fraction of sp³-hybridized carbons (Fsp3) is 0.458. The molecule has 0 aliphatic carbocycles. The molecule has 3 heterocycles. The number of hydrogen-bond donors (Lipinski definition) is 0. The van der Waals surface area contributed by atoms with Gasteiger partial charge in [-0.15, -0.1) is 11.8 Å². The third-order valence-electron chi connectivity index (χ3n) is 5.93. The fourth-order valence-electron chi connectivity index (χ4n) is 4.20. The number of thioether (sulfide) groups is 1. The molecule has 1 unspecified atom stereocenters. The summed E-state index contributed by atoms with van der Waals surface area (Å²) in [6.45, 7) is 5.85. The molecule has 0 saturated carbocycles. The van der Waals surface area contributed by atoms with Gasteiger partial charge < -0.3 is 14.5 Å².